The summed E-state index contributed by atoms with van der Waals surface area (Å²) in [6, 6.07) is 17.9. The zero-order valence-electron chi connectivity index (χ0n) is 13.5. The van der Waals surface area contributed by atoms with Gasteiger partial charge in [-0.2, -0.15) is 0 Å². The normalized spacial score (nSPS) is 13.4. The number of nitrogens with one attached hydrogen (secondary N) is 1. The van der Waals surface area contributed by atoms with E-state index in [-0.39, 0.29) is 18.0 Å². The van der Waals surface area contributed by atoms with Crippen LogP contribution in [-0.2, 0) is 4.79 Å². The monoisotopic (exact) mass is 341 g/mol. The summed E-state index contributed by atoms with van der Waals surface area (Å²) >= 11 is 1.65. The lowest BCUT2D eigenvalue weighted by Crippen LogP contribution is -2.87. The van der Waals surface area contributed by atoms with Gasteiger partial charge in [0.2, 0.25) is 0 Å². The lowest BCUT2D eigenvalue weighted by atomic mass is 10.1. The number of rotatable bonds is 7. The first-order valence-corrected chi connectivity index (χ1v) is 8.86. The summed E-state index contributed by atoms with van der Waals surface area (Å²) in [4.78, 5) is 13.6. The minimum atomic E-state index is -0.106. The van der Waals surface area contributed by atoms with Gasteiger partial charge in [0.05, 0.1) is 12.3 Å². The molecule has 0 aliphatic rings. The van der Waals surface area contributed by atoms with Gasteiger partial charge in [-0.1, -0.05) is 36.4 Å². The Bertz CT molecular complexity index is 739. The van der Waals surface area contributed by atoms with Gasteiger partial charge in [-0.05, 0) is 36.1 Å². The molecule has 0 fully saturated rings. The molecule has 2 aromatic heterocycles. The van der Waals surface area contributed by atoms with Crippen molar-refractivity contribution >= 4 is 17.2 Å². The highest BCUT2D eigenvalue weighted by atomic mass is 32.1. The van der Waals surface area contributed by atoms with Crippen LogP contribution in [0, 0.1) is 0 Å². The molecule has 2 atom stereocenters. The zero-order valence-corrected chi connectivity index (χ0v) is 14.3. The van der Waals surface area contributed by atoms with Gasteiger partial charge in [-0.25, -0.2) is 0 Å². The maximum Gasteiger partial charge on any atom is 0.275 e. The molecule has 1 aromatic carbocycles. The molecule has 0 radical (unpaired) electrons. The van der Waals surface area contributed by atoms with E-state index in [0.717, 1.165) is 16.2 Å². The molecule has 3 aromatic rings. The Kier molecular flexibility index (Phi) is 5.46. The topological polar surface area (TPSA) is 58.9 Å². The van der Waals surface area contributed by atoms with Crippen LogP contribution in [-0.4, -0.2) is 12.5 Å². The minimum absolute atomic E-state index is 0.00987. The van der Waals surface area contributed by atoms with Crippen molar-refractivity contribution in [3.63, 3.8) is 0 Å². The first kappa shape index (κ1) is 16.5. The number of amides is 1. The summed E-state index contributed by atoms with van der Waals surface area (Å²) in [6.07, 6.45) is 1.65. The minimum Gasteiger partial charge on any atom is -0.463 e. The van der Waals surface area contributed by atoms with Gasteiger partial charge in [0.1, 0.15) is 6.04 Å². The molecular formula is C19H21N2O2S+. The lowest BCUT2D eigenvalue weighted by molar-refractivity contribution is -0.684. The molecule has 1 amide bonds. The van der Waals surface area contributed by atoms with E-state index in [2.05, 4.69) is 11.4 Å². The van der Waals surface area contributed by atoms with Crippen molar-refractivity contribution in [3.8, 4) is 0 Å². The Morgan fingerprint density at radius 1 is 1.17 bits per heavy atom. The van der Waals surface area contributed by atoms with E-state index in [1.165, 1.54) is 0 Å². The zero-order chi connectivity index (χ0) is 16.8. The van der Waals surface area contributed by atoms with Gasteiger partial charge in [0.15, 0.2) is 12.3 Å². The SMILES string of the molecule is C[C@H]([NH2+]CC(=O)N[C@H](c1ccccc1)c1cccs1)c1ccco1. The predicted molar refractivity (Wildman–Crippen MR) is 94.7 cm³/mol. The molecular weight excluding hydrogens is 320 g/mol. The van der Waals surface area contributed by atoms with Crippen LogP contribution in [0.4, 0.5) is 0 Å². The first-order valence-electron chi connectivity index (χ1n) is 7.98. The van der Waals surface area contributed by atoms with Crippen molar-refractivity contribution in [3.05, 3.63) is 82.4 Å². The fraction of sp³-hybridized carbons (Fsp3) is 0.211. The lowest BCUT2D eigenvalue weighted by Gasteiger charge is -2.18. The van der Waals surface area contributed by atoms with Gasteiger partial charge in [-0.15, -0.1) is 11.3 Å². The second-order valence-corrected chi connectivity index (χ2v) is 6.65. The third-order valence-corrected chi connectivity index (χ3v) is 4.85. The summed E-state index contributed by atoms with van der Waals surface area (Å²) in [5, 5.41) is 7.15. The Morgan fingerprint density at radius 3 is 2.67 bits per heavy atom. The molecule has 3 rings (SSSR count). The number of hydrogen-bond donors (Lipinski definition) is 2. The summed E-state index contributed by atoms with van der Waals surface area (Å²) in [5.74, 6) is 0.885. The summed E-state index contributed by atoms with van der Waals surface area (Å²) < 4.78 is 5.38. The van der Waals surface area contributed by atoms with Crippen LogP contribution in [0.25, 0.3) is 0 Å². The van der Waals surface area contributed by atoms with Crippen molar-refractivity contribution in [1.29, 1.82) is 0 Å². The van der Waals surface area contributed by atoms with Crippen molar-refractivity contribution in [2.75, 3.05) is 6.54 Å². The number of nitrogens with two attached hydrogens (primary N) is 1. The third-order valence-electron chi connectivity index (χ3n) is 3.91. The van der Waals surface area contributed by atoms with Gasteiger partial charge in [0, 0.05) is 4.88 Å². The number of furan rings is 1. The quantitative estimate of drug-likeness (QED) is 0.694. The van der Waals surface area contributed by atoms with E-state index in [0.29, 0.717) is 6.54 Å². The van der Waals surface area contributed by atoms with Crippen molar-refractivity contribution in [2.45, 2.75) is 19.0 Å². The highest BCUT2D eigenvalue weighted by Crippen LogP contribution is 2.25. The van der Waals surface area contributed by atoms with Gasteiger partial charge >= 0.3 is 0 Å². The van der Waals surface area contributed by atoms with Crippen LogP contribution < -0.4 is 10.6 Å². The largest absolute Gasteiger partial charge is 0.463 e. The Labute approximate surface area is 145 Å². The number of hydrogen-bond acceptors (Lipinski definition) is 3. The third kappa shape index (κ3) is 4.13. The molecule has 0 saturated heterocycles. The molecule has 124 valence electrons. The van der Waals surface area contributed by atoms with Crippen molar-refractivity contribution in [1.82, 2.24) is 5.32 Å². The molecule has 0 saturated carbocycles. The van der Waals surface area contributed by atoms with E-state index >= 15 is 0 Å². The van der Waals surface area contributed by atoms with Crippen molar-refractivity contribution < 1.29 is 14.5 Å². The van der Waals surface area contributed by atoms with Gasteiger partial charge in [-0.3, -0.25) is 4.79 Å². The van der Waals surface area contributed by atoms with Crippen LogP contribution in [0.2, 0.25) is 0 Å². The molecule has 0 aliphatic heterocycles. The van der Waals surface area contributed by atoms with E-state index in [9.17, 15) is 4.79 Å². The maximum absolute atomic E-state index is 12.4. The summed E-state index contributed by atoms with van der Waals surface area (Å²) in [7, 11) is 0. The number of thiophene rings is 1. The van der Waals surface area contributed by atoms with E-state index in [1.54, 1.807) is 17.6 Å². The highest BCUT2D eigenvalue weighted by Gasteiger charge is 2.20. The van der Waals surface area contributed by atoms with Crippen LogP contribution in [0.5, 0.6) is 0 Å². The fourth-order valence-electron chi connectivity index (χ4n) is 2.59. The first-order chi connectivity index (χ1) is 11.7. The predicted octanol–water partition coefficient (Wildman–Crippen LogP) is 2.87. The number of benzene rings is 1. The van der Waals surface area contributed by atoms with Crippen LogP contribution in [0.15, 0.2) is 70.7 Å². The smallest absolute Gasteiger partial charge is 0.275 e. The molecule has 3 N–H and O–H groups in total. The number of carbonyl (C=O) groups is 1. The standard InChI is InChI=1S/C19H20N2O2S/c1-14(16-9-5-11-23-16)20-13-18(22)21-19(17-10-6-12-24-17)15-7-3-2-4-8-15/h2-12,14,19-20H,13H2,1H3,(H,21,22)/p+1/t14-,19+/m0/s1. The van der Waals surface area contributed by atoms with Gasteiger partial charge < -0.3 is 15.1 Å². The highest BCUT2D eigenvalue weighted by molar-refractivity contribution is 7.10. The second-order valence-electron chi connectivity index (χ2n) is 5.67. The van der Waals surface area contributed by atoms with E-state index in [1.807, 2.05) is 66.2 Å². The van der Waals surface area contributed by atoms with Crippen LogP contribution >= 0.6 is 11.3 Å². The van der Waals surface area contributed by atoms with E-state index < -0.39 is 0 Å². The summed E-state index contributed by atoms with van der Waals surface area (Å²) in [6.45, 7) is 2.39. The molecule has 5 heteroatoms. The Morgan fingerprint density at radius 2 is 2.00 bits per heavy atom. The van der Waals surface area contributed by atoms with E-state index in [4.69, 9.17) is 4.42 Å². The molecule has 0 bridgehead atoms. The van der Waals surface area contributed by atoms with Gasteiger partial charge in [0.25, 0.3) is 5.91 Å². The van der Waals surface area contributed by atoms with Crippen molar-refractivity contribution in [2.24, 2.45) is 0 Å². The Hall–Kier alpha value is -2.37. The number of carbonyl (C=O) groups excluding carboxylic acids is 1. The fourth-order valence-corrected chi connectivity index (χ4v) is 3.39. The second kappa shape index (κ2) is 7.95. The molecule has 24 heavy (non-hydrogen) atoms. The molecule has 0 aliphatic carbocycles. The summed E-state index contributed by atoms with van der Waals surface area (Å²) in [5.41, 5.74) is 1.09. The average Bonchev–Trinajstić information content (AvgIpc) is 3.31. The molecule has 0 unspecified atom stereocenters. The molecule has 2 heterocycles. The average molecular weight is 341 g/mol. The number of quaternary nitrogens is 1. The maximum atomic E-state index is 12.4. The molecule has 4 nitrogen and oxygen atoms in total. The van der Waals surface area contributed by atoms with Crippen LogP contribution in [0.1, 0.15) is 35.2 Å². The van der Waals surface area contributed by atoms with Crippen LogP contribution in [0.3, 0.4) is 0 Å². The Balaban J connectivity index is 1.63. The molecule has 0 spiro atoms.